The number of esters is 2. The van der Waals surface area contributed by atoms with E-state index >= 15 is 0 Å². The van der Waals surface area contributed by atoms with Crippen molar-refractivity contribution < 1.29 is 52.6 Å². The fourth-order valence-corrected chi connectivity index (χ4v) is 7.15. The van der Waals surface area contributed by atoms with Gasteiger partial charge >= 0.3 is 25.7 Å². The Labute approximate surface area is 369 Å². The predicted octanol–water partition coefficient (Wildman–Crippen LogP) is 11.9. The Kier molecular flexibility index (Phi) is 40.9. The summed E-state index contributed by atoms with van der Waals surface area (Å²) in [7, 11) is -4.74. The van der Waals surface area contributed by atoms with Crippen LogP contribution in [0.3, 0.4) is 0 Å². The fraction of sp³-hybridized carbons (Fsp3) is 0.771. The Bertz CT molecular complexity index is 1240. The molecular weight excluding hydrogens is 797 g/mol. The third-order valence-corrected chi connectivity index (χ3v) is 11.0. The number of phosphoric ester groups is 1. The number of phosphoric acid groups is 1. The minimum Gasteiger partial charge on any atom is -0.480 e. The quantitative estimate of drug-likeness (QED) is 0.0196. The minimum atomic E-state index is -4.74. The summed E-state index contributed by atoms with van der Waals surface area (Å²) in [5, 5.41) is 18.2. The number of aliphatic hydroxyl groups excluding tert-OH is 1. The van der Waals surface area contributed by atoms with Gasteiger partial charge in [0.25, 0.3) is 0 Å². The van der Waals surface area contributed by atoms with E-state index in [9.17, 15) is 28.9 Å². The molecule has 61 heavy (non-hydrogen) atoms. The standard InChI is InChI=1S/C48H86NO11P/c1-3-4-5-6-7-8-9-10-11-12-13-14-17-21-24-27-30-33-36-39-47(52)60-44(41-58-61(55,56)59-42-45(49)48(53)54)40-57-46(51)38-35-32-29-26-23-20-18-15-16-19-22-25-28-31-34-37-43(2)50/h16,18-20,25-26,28-29,43-45,50H,3-15,17,21-24,27,30-42,49H2,1-2H3,(H,53,54)(H,55,56)/b19-16-,20-18-,28-25-,29-26-/t43-,44-,45+/m1/s1. The third-order valence-electron chi connectivity index (χ3n) is 10.1. The van der Waals surface area contributed by atoms with Crippen molar-refractivity contribution in [3.63, 3.8) is 0 Å². The van der Waals surface area contributed by atoms with Gasteiger partial charge in [0.2, 0.25) is 0 Å². The van der Waals surface area contributed by atoms with Crippen LogP contribution >= 0.6 is 7.82 Å². The van der Waals surface area contributed by atoms with Crippen molar-refractivity contribution in [3.05, 3.63) is 48.6 Å². The lowest BCUT2D eigenvalue weighted by Crippen LogP contribution is -2.34. The van der Waals surface area contributed by atoms with Crippen LogP contribution in [0.15, 0.2) is 48.6 Å². The number of carbonyl (C=O) groups excluding carboxylic acids is 2. The normalized spacial score (nSPS) is 14.6. The van der Waals surface area contributed by atoms with Crippen LogP contribution in [0.5, 0.6) is 0 Å². The number of allylic oxidation sites excluding steroid dienone is 8. The summed E-state index contributed by atoms with van der Waals surface area (Å²) in [6.45, 7) is 2.32. The Morgan fingerprint density at radius 3 is 1.44 bits per heavy atom. The second-order valence-electron chi connectivity index (χ2n) is 16.2. The van der Waals surface area contributed by atoms with Gasteiger partial charge in [0.1, 0.15) is 12.6 Å². The predicted molar refractivity (Wildman–Crippen MR) is 246 cm³/mol. The molecule has 0 amide bonds. The van der Waals surface area contributed by atoms with Gasteiger partial charge in [0, 0.05) is 12.8 Å². The smallest absolute Gasteiger partial charge is 0.472 e. The molecule has 0 aromatic heterocycles. The number of nitrogens with two attached hydrogens (primary N) is 1. The average Bonchev–Trinajstić information content (AvgIpc) is 3.22. The number of aliphatic carboxylic acids is 1. The molecule has 0 bridgehead atoms. The van der Waals surface area contributed by atoms with Crippen molar-refractivity contribution in [1.29, 1.82) is 0 Å². The van der Waals surface area contributed by atoms with Gasteiger partial charge < -0.3 is 30.3 Å². The largest absolute Gasteiger partial charge is 0.480 e. The molecule has 4 atom stereocenters. The maximum absolute atomic E-state index is 12.7. The average molecular weight is 884 g/mol. The van der Waals surface area contributed by atoms with Crippen LogP contribution in [0.2, 0.25) is 0 Å². The van der Waals surface area contributed by atoms with Crippen LogP contribution in [0.25, 0.3) is 0 Å². The number of carboxylic acid groups (broad SMARTS) is 1. The number of rotatable bonds is 44. The Hall–Kier alpha value is -2.60. The van der Waals surface area contributed by atoms with Gasteiger partial charge in [-0.2, -0.15) is 0 Å². The van der Waals surface area contributed by atoms with Crippen molar-refractivity contribution in [2.24, 2.45) is 5.73 Å². The summed E-state index contributed by atoms with van der Waals surface area (Å²) in [5.74, 6) is -2.46. The first-order valence-corrected chi connectivity index (χ1v) is 25.2. The zero-order chi connectivity index (χ0) is 45.1. The molecule has 0 radical (unpaired) electrons. The molecule has 354 valence electrons. The van der Waals surface area contributed by atoms with Crippen molar-refractivity contribution in [2.45, 2.75) is 218 Å². The number of carboxylic acids is 1. The molecule has 0 aliphatic rings. The first kappa shape index (κ1) is 58.4. The molecule has 0 fully saturated rings. The van der Waals surface area contributed by atoms with Gasteiger partial charge in [-0.3, -0.25) is 23.4 Å². The maximum Gasteiger partial charge on any atom is 0.472 e. The van der Waals surface area contributed by atoms with Crippen LogP contribution in [-0.4, -0.2) is 71.1 Å². The number of hydrogen-bond donors (Lipinski definition) is 4. The molecule has 0 aliphatic heterocycles. The van der Waals surface area contributed by atoms with E-state index < -0.39 is 51.1 Å². The lowest BCUT2D eigenvalue weighted by Gasteiger charge is -2.20. The number of carbonyl (C=O) groups is 3. The molecule has 0 heterocycles. The van der Waals surface area contributed by atoms with Crippen molar-refractivity contribution in [3.8, 4) is 0 Å². The van der Waals surface area contributed by atoms with Crippen molar-refractivity contribution in [2.75, 3.05) is 19.8 Å². The Morgan fingerprint density at radius 2 is 0.984 bits per heavy atom. The van der Waals surface area contributed by atoms with E-state index in [1.165, 1.54) is 96.3 Å². The van der Waals surface area contributed by atoms with Crippen LogP contribution in [0.1, 0.15) is 200 Å². The van der Waals surface area contributed by atoms with Gasteiger partial charge in [-0.25, -0.2) is 4.57 Å². The van der Waals surface area contributed by atoms with Crippen LogP contribution in [0, 0.1) is 0 Å². The number of aliphatic hydroxyl groups is 1. The summed E-state index contributed by atoms with van der Waals surface area (Å²) in [4.78, 5) is 46.0. The monoisotopic (exact) mass is 884 g/mol. The highest BCUT2D eigenvalue weighted by Gasteiger charge is 2.28. The van der Waals surface area contributed by atoms with Gasteiger partial charge in [-0.15, -0.1) is 0 Å². The zero-order valence-corrected chi connectivity index (χ0v) is 39.0. The van der Waals surface area contributed by atoms with Gasteiger partial charge in [-0.05, 0) is 64.7 Å². The Morgan fingerprint density at radius 1 is 0.574 bits per heavy atom. The Balaban J connectivity index is 4.37. The topological polar surface area (TPSA) is 192 Å². The number of ether oxygens (including phenoxy) is 2. The lowest BCUT2D eigenvalue weighted by atomic mass is 10.0. The molecule has 0 saturated carbocycles. The highest BCUT2D eigenvalue weighted by molar-refractivity contribution is 7.47. The van der Waals surface area contributed by atoms with Crippen LogP contribution in [-0.2, 0) is 37.5 Å². The van der Waals surface area contributed by atoms with Gasteiger partial charge in [0.15, 0.2) is 6.10 Å². The highest BCUT2D eigenvalue weighted by atomic mass is 31.2. The summed E-state index contributed by atoms with van der Waals surface area (Å²) >= 11 is 0. The van der Waals surface area contributed by atoms with E-state index in [1.54, 1.807) is 0 Å². The maximum atomic E-state index is 12.7. The van der Waals surface area contributed by atoms with Crippen molar-refractivity contribution >= 4 is 25.7 Å². The summed E-state index contributed by atoms with van der Waals surface area (Å²) in [6, 6.07) is -1.53. The summed E-state index contributed by atoms with van der Waals surface area (Å²) in [5.41, 5.74) is 5.34. The molecule has 1 unspecified atom stereocenters. The van der Waals surface area contributed by atoms with E-state index in [0.717, 1.165) is 57.8 Å². The molecule has 0 rings (SSSR count). The van der Waals surface area contributed by atoms with E-state index in [2.05, 4.69) is 47.9 Å². The third kappa shape index (κ3) is 43.8. The second-order valence-corrected chi connectivity index (χ2v) is 17.6. The summed E-state index contributed by atoms with van der Waals surface area (Å²) < 4.78 is 32.7. The molecule has 0 saturated heterocycles. The van der Waals surface area contributed by atoms with Crippen LogP contribution < -0.4 is 5.73 Å². The molecule has 0 spiro atoms. The first-order valence-electron chi connectivity index (χ1n) is 23.7. The molecular formula is C48H86NO11P. The summed E-state index contributed by atoms with van der Waals surface area (Å²) in [6.07, 6.45) is 46.0. The fourth-order valence-electron chi connectivity index (χ4n) is 6.37. The molecule has 0 aromatic rings. The molecule has 12 nitrogen and oxygen atoms in total. The molecule has 0 aromatic carbocycles. The van der Waals surface area contributed by atoms with Gasteiger partial charge in [0.05, 0.1) is 19.3 Å². The van der Waals surface area contributed by atoms with Crippen LogP contribution in [0.4, 0.5) is 0 Å². The SMILES string of the molecule is CCCCCCCCCCCCCCCCCCCCCC(=O)O[C@H](COC(=O)CCC/C=C\C/C=C\C/C=C\C/C=C\CCC[C@@H](C)O)COP(=O)(O)OC[C@H](N)C(=O)O. The number of unbranched alkanes of at least 4 members (excludes halogenated alkanes) is 20. The second kappa shape index (κ2) is 42.7. The van der Waals surface area contributed by atoms with E-state index in [4.69, 9.17) is 24.8 Å². The van der Waals surface area contributed by atoms with E-state index in [1.807, 2.05) is 19.1 Å². The number of hydrogen-bond acceptors (Lipinski definition) is 10. The van der Waals surface area contributed by atoms with Crippen molar-refractivity contribution in [1.82, 2.24) is 0 Å². The first-order chi connectivity index (χ1) is 29.5. The highest BCUT2D eigenvalue weighted by Crippen LogP contribution is 2.43. The molecule has 0 aliphatic carbocycles. The van der Waals surface area contributed by atoms with E-state index in [-0.39, 0.29) is 25.6 Å². The molecule has 13 heteroatoms. The van der Waals surface area contributed by atoms with Gasteiger partial charge in [-0.1, -0.05) is 171 Å². The minimum absolute atomic E-state index is 0.134. The van der Waals surface area contributed by atoms with E-state index in [0.29, 0.717) is 19.3 Å². The lowest BCUT2D eigenvalue weighted by molar-refractivity contribution is -0.161. The molecule has 5 N–H and O–H groups in total. The zero-order valence-electron chi connectivity index (χ0n) is 38.1.